The van der Waals surface area contributed by atoms with Crippen LogP contribution in [-0.2, 0) is 4.79 Å². The Kier molecular flexibility index (Phi) is 3.87. The quantitative estimate of drug-likeness (QED) is 0.906. The topological polar surface area (TPSA) is 32.3 Å². The first-order valence-corrected chi connectivity index (χ1v) is 8.57. The second-order valence-corrected chi connectivity index (χ2v) is 7.49. The molecular weight excluding hydrogens is 268 g/mol. The Bertz CT molecular complexity index is 473. The highest BCUT2D eigenvalue weighted by molar-refractivity contribution is 7.10. The maximum absolute atomic E-state index is 12.6. The second-order valence-electron chi connectivity index (χ2n) is 6.51. The molecule has 3 nitrogen and oxygen atoms in total. The molecule has 1 aliphatic heterocycles. The Morgan fingerprint density at radius 1 is 1.30 bits per heavy atom. The fraction of sp³-hybridized carbons (Fsp3) is 0.688. The molecule has 1 N–H and O–H groups in total. The Hall–Kier alpha value is -0.870. The smallest absolute Gasteiger partial charge is 0.241 e. The zero-order chi connectivity index (χ0) is 14.3. The summed E-state index contributed by atoms with van der Waals surface area (Å²) in [6.07, 6.45) is 3.70. The van der Waals surface area contributed by atoms with E-state index in [9.17, 15) is 4.79 Å². The van der Waals surface area contributed by atoms with Crippen molar-refractivity contribution in [2.45, 2.75) is 58.3 Å². The lowest BCUT2D eigenvalue weighted by atomic mass is 9.79. The van der Waals surface area contributed by atoms with Crippen LogP contribution in [0, 0.1) is 11.8 Å². The maximum Gasteiger partial charge on any atom is 0.241 e. The predicted octanol–water partition coefficient (Wildman–Crippen LogP) is 3.39. The minimum Gasteiger partial charge on any atom is -0.317 e. The van der Waals surface area contributed by atoms with Gasteiger partial charge in [-0.05, 0) is 49.5 Å². The van der Waals surface area contributed by atoms with E-state index in [1.807, 2.05) is 6.92 Å². The molecule has 3 rings (SSSR count). The van der Waals surface area contributed by atoms with Crippen molar-refractivity contribution in [1.29, 1.82) is 0 Å². The van der Waals surface area contributed by atoms with Crippen LogP contribution < -0.4 is 5.32 Å². The second kappa shape index (κ2) is 5.49. The molecule has 5 unspecified atom stereocenters. The third-order valence-electron chi connectivity index (χ3n) is 4.87. The Labute approximate surface area is 125 Å². The number of carbonyl (C=O) groups is 1. The van der Waals surface area contributed by atoms with Crippen LogP contribution in [0.15, 0.2) is 17.5 Å². The molecule has 0 aromatic carbocycles. The monoisotopic (exact) mass is 292 g/mol. The highest BCUT2D eigenvalue weighted by Crippen LogP contribution is 2.38. The first-order valence-electron chi connectivity index (χ1n) is 7.69. The number of nitrogens with one attached hydrogen (secondary N) is 1. The van der Waals surface area contributed by atoms with Gasteiger partial charge in [0.2, 0.25) is 5.91 Å². The van der Waals surface area contributed by atoms with Crippen LogP contribution in [0.1, 0.15) is 51.1 Å². The van der Waals surface area contributed by atoms with Gasteiger partial charge in [0, 0.05) is 10.9 Å². The van der Waals surface area contributed by atoms with Gasteiger partial charge < -0.3 is 4.90 Å². The molecule has 1 aromatic rings. The summed E-state index contributed by atoms with van der Waals surface area (Å²) >= 11 is 1.74. The van der Waals surface area contributed by atoms with Crippen molar-refractivity contribution >= 4 is 17.2 Å². The summed E-state index contributed by atoms with van der Waals surface area (Å²) in [5, 5.41) is 5.56. The number of amides is 1. The minimum atomic E-state index is -0.0614. The average molecular weight is 292 g/mol. The molecule has 2 heterocycles. The van der Waals surface area contributed by atoms with Gasteiger partial charge in [-0.1, -0.05) is 19.9 Å². The van der Waals surface area contributed by atoms with E-state index < -0.39 is 0 Å². The number of nitrogens with zero attached hydrogens (tertiary/aromatic N) is 1. The summed E-state index contributed by atoms with van der Waals surface area (Å²) in [5.74, 6) is 1.66. The van der Waals surface area contributed by atoms with Crippen molar-refractivity contribution in [3.63, 3.8) is 0 Å². The van der Waals surface area contributed by atoms with E-state index in [0.29, 0.717) is 12.0 Å². The molecule has 5 atom stereocenters. The van der Waals surface area contributed by atoms with Gasteiger partial charge in [-0.2, -0.15) is 0 Å². The molecule has 110 valence electrons. The van der Waals surface area contributed by atoms with Crippen LogP contribution in [0.4, 0.5) is 0 Å². The van der Waals surface area contributed by atoms with Crippen molar-refractivity contribution in [1.82, 2.24) is 10.2 Å². The summed E-state index contributed by atoms with van der Waals surface area (Å²) in [5.41, 5.74) is 0. The largest absolute Gasteiger partial charge is 0.317 e. The number of thiophene rings is 1. The van der Waals surface area contributed by atoms with Crippen LogP contribution in [-0.4, -0.2) is 22.9 Å². The predicted molar refractivity (Wildman–Crippen MR) is 82.5 cm³/mol. The Morgan fingerprint density at radius 2 is 2.10 bits per heavy atom. The van der Waals surface area contributed by atoms with E-state index in [1.54, 1.807) is 11.3 Å². The van der Waals surface area contributed by atoms with Crippen LogP contribution >= 0.6 is 11.3 Å². The van der Waals surface area contributed by atoms with Crippen LogP contribution in [0.5, 0.6) is 0 Å². The van der Waals surface area contributed by atoms with Crippen molar-refractivity contribution in [2.75, 3.05) is 0 Å². The number of rotatable bonds is 2. The highest BCUT2D eigenvalue weighted by Gasteiger charge is 2.44. The fourth-order valence-corrected chi connectivity index (χ4v) is 4.60. The van der Waals surface area contributed by atoms with Gasteiger partial charge in [-0.3, -0.25) is 10.1 Å². The lowest BCUT2D eigenvalue weighted by Crippen LogP contribution is -2.45. The van der Waals surface area contributed by atoms with E-state index in [1.165, 1.54) is 17.7 Å². The lowest BCUT2D eigenvalue weighted by molar-refractivity contribution is -0.134. The summed E-state index contributed by atoms with van der Waals surface area (Å²) in [4.78, 5) is 16.0. The van der Waals surface area contributed by atoms with Gasteiger partial charge in [0.1, 0.15) is 6.17 Å². The van der Waals surface area contributed by atoms with Crippen molar-refractivity contribution in [3.8, 4) is 0 Å². The van der Waals surface area contributed by atoms with Crippen LogP contribution in [0.3, 0.4) is 0 Å². The van der Waals surface area contributed by atoms with E-state index in [-0.39, 0.29) is 18.1 Å². The SMILES string of the molecule is CC1CCC(N2C(=O)C(C)NC2c2cccs2)C(C)C1. The molecule has 2 aliphatic rings. The van der Waals surface area contributed by atoms with Gasteiger partial charge in [0.05, 0.1) is 6.04 Å². The van der Waals surface area contributed by atoms with Crippen LogP contribution in [0.2, 0.25) is 0 Å². The molecule has 0 radical (unpaired) electrons. The molecule has 1 aromatic heterocycles. The summed E-state index contributed by atoms with van der Waals surface area (Å²) in [6.45, 7) is 6.62. The van der Waals surface area contributed by atoms with E-state index in [2.05, 4.69) is 41.6 Å². The molecule has 1 amide bonds. The summed E-state index contributed by atoms with van der Waals surface area (Å²) in [6, 6.07) is 4.54. The van der Waals surface area contributed by atoms with Gasteiger partial charge in [0.25, 0.3) is 0 Å². The normalized spacial score (nSPS) is 38.5. The molecule has 20 heavy (non-hydrogen) atoms. The molecule has 0 spiro atoms. The van der Waals surface area contributed by atoms with E-state index in [0.717, 1.165) is 12.3 Å². The fourth-order valence-electron chi connectivity index (χ4n) is 3.82. The van der Waals surface area contributed by atoms with Crippen molar-refractivity contribution in [2.24, 2.45) is 11.8 Å². The van der Waals surface area contributed by atoms with Crippen molar-refractivity contribution in [3.05, 3.63) is 22.4 Å². The maximum atomic E-state index is 12.6. The highest BCUT2D eigenvalue weighted by atomic mass is 32.1. The van der Waals surface area contributed by atoms with Gasteiger partial charge in [0.15, 0.2) is 0 Å². The molecule has 1 aliphatic carbocycles. The first-order chi connectivity index (χ1) is 9.58. The standard InChI is InChI=1S/C16H24N2OS/c1-10-6-7-13(11(2)9-10)18-15(14-5-4-8-20-14)17-12(3)16(18)19/h4-5,8,10-13,15,17H,6-7,9H2,1-3H3. The zero-order valence-corrected chi connectivity index (χ0v) is 13.3. The molecule has 0 bridgehead atoms. The molecule has 1 saturated heterocycles. The Morgan fingerprint density at radius 3 is 2.75 bits per heavy atom. The van der Waals surface area contributed by atoms with Gasteiger partial charge in [-0.25, -0.2) is 0 Å². The minimum absolute atomic E-state index is 0.0614. The number of carbonyl (C=O) groups excluding carboxylic acids is 1. The van der Waals surface area contributed by atoms with E-state index >= 15 is 0 Å². The third-order valence-corrected chi connectivity index (χ3v) is 5.79. The van der Waals surface area contributed by atoms with Crippen LogP contribution in [0.25, 0.3) is 0 Å². The zero-order valence-electron chi connectivity index (χ0n) is 12.5. The average Bonchev–Trinajstić information content (AvgIpc) is 3.01. The summed E-state index contributed by atoms with van der Waals surface area (Å²) < 4.78 is 0. The Balaban J connectivity index is 1.86. The van der Waals surface area contributed by atoms with Gasteiger partial charge in [-0.15, -0.1) is 11.3 Å². The third kappa shape index (κ3) is 2.40. The lowest BCUT2D eigenvalue weighted by Gasteiger charge is -2.41. The van der Waals surface area contributed by atoms with Gasteiger partial charge >= 0.3 is 0 Å². The summed E-state index contributed by atoms with van der Waals surface area (Å²) in [7, 11) is 0. The number of hydrogen-bond donors (Lipinski definition) is 1. The molecular formula is C16H24N2OS. The number of hydrogen-bond acceptors (Lipinski definition) is 3. The molecule has 4 heteroatoms. The first kappa shape index (κ1) is 14.1. The van der Waals surface area contributed by atoms with E-state index in [4.69, 9.17) is 0 Å². The molecule has 1 saturated carbocycles. The van der Waals surface area contributed by atoms with Crippen molar-refractivity contribution < 1.29 is 4.79 Å². The molecule has 2 fully saturated rings.